The molecule has 1 atom stereocenters. The second kappa shape index (κ2) is 15.5. The van der Waals surface area contributed by atoms with E-state index in [1.807, 2.05) is 24.3 Å². The van der Waals surface area contributed by atoms with Gasteiger partial charge in [0.15, 0.2) is 5.78 Å². The molecule has 3 aromatic carbocycles. The summed E-state index contributed by atoms with van der Waals surface area (Å²) in [5.74, 6) is -0.0677. The number of hydrogen-bond acceptors (Lipinski definition) is 7. The molecule has 3 aromatic rings. The molecule has 4 rings (SSSR count). The van der Waals surface area contributed by atoms with E-state index < -0.39 is 12.2 Å². The lowest BCUT2D eigenvalue weighted by molar-refractivity contribution is -0.130. The first-order valence-corrected chi connectivity index (χ1v) is 15.1. The van der Waals surface area contributed by atoms with Crippen LogP contribution in [0.1, 0.15) is 54.1 Å². The molecule has 9 nitrogen and oxygen atoms in total. The molecule has 0 aromatic heterocycles. The van der Waals surface area contributed by atoms with E-state index in [0.29, 0.717) is 23.7 Å². The van der Waals surface area contributed by atoms with Gasteiger partial charge in [-0.3, -0.25) is 14.4 Å². The number of anilines is 1. The molecule has 226 valence electrons. The summed E-state index contributed by atoms with van der Waals surface area (Å²) >= 11 is 3.42. The number of hydrogen-bond donors (Lipinski definition) is 3. The Morgan fingerprint density at radius 3 is 2.23 bits per heavy atom. The zero-order valence-electron chi connectivity index (χ0n) is 24.0. The molecule has 1 aliphatic carbocycles. The van der Waals surface area contributed by atoms with Crippen LogP contribution in [0.2, 0.25) is 0 Å². The van der Waals surface area contributed by atoms with Gasteiger partial charge in [-0.2, -0.15) is 0 Å². The Labute approximate surface area is 259 Å². The lowest BCUT2D eigenvalue weighted by atomic mass is 9.81. The molecular formula is C33H36BrN3O6. The minimum atomic E-state index is -0.853. The van der Waals surface area contributed by atoms with Crippen LogP contribution >= 0.6 is 15.9 Å². The molecule has 10 heteroatoms. The van der Waals surface area contributed by atoms with E-state index >= 15 is 0 Å². The lowest BCUT2D eigenvalue weighted by Gasteiger charge is -2.28. The molecule has 43 heavy (non-hydrogen) atoms. The van der Waals surface area contributed by atoms with Crippen molar-refractivity contribution in [3.63, 3.8) is 0 Å². The van der Waals surface area contributed by atoms with E-state index in [-0.39, 0.29) is 42.3 Å². The van der Waals surface area contributed by atoms with Gasteiger partial charge in [0.2, 0.25) is 11.8 Å². The number of ether oxygens (including phenoxy) is 2. The monoisotopic (exact) mass is 649 g/mol. The van der Waals surface area contributed by atoms with Crippen LogP contribution in [0.3, 0.4) is 0 Å². The van der Waals surface area contributed by atoms with E-state index in [1.165, 1.54) is 6.92 Å². The third-order valence-electron chi connectivity index (χ3n) is 7.61. The van der Waals surface area contributed by atoms with E-state index in [1.54, 1.807) is 48.5 Å². The van der Waals surface area contributed by atoms with Crippen molar-refractivity contribution in [3.05, 3.63) is 94.0 Å². The van der Waals surface area contributed by atoms with Crippen LogP contribution in [0.25, 0.3) is 0 Å². The molecule has 1 saturated carbocycles. The minimum absolute atomic E-state index is 0.0557. The number of benzene rings is 3. The van der Waals surface area contributed by atoms with Crippen molar-refractivity contribution in [1.82, 2.24) is 5.32 Å². The smallest absolute Gasteiger partial charge is 0.429 e. The number of carbonyl (C=O) groups excluding carboxylic acids is 4. The maximum atomic E-state index is 13.4. The highest BCUT2D eigenvalue weighted by molar-refractivity contribution is 9.10. The quantitative estimate of drug-likeness (QED) is 0.136. The molecule has 0 unspecified atom stereocenters. The van der Waals surface area contributed by atoms with Crippen LogP contribution in [-0.4, -0.2) is 36.3 Å². The largest absolute Gasteiger partial charge is 0.514 e. The number of amides is 2. The van der Waals surface area contributed by atoms with Gasteiger partial charge in [0.25, 0.3) is 0 Å². The van der Waals surface area contributed by atoms with Crippen LogP contribution < -0.4 is 21.1 Å². The molecule has 0 spiro atoms. The molecule has 0 radical (unpaired) electrons. The first-order chi connectivity index (χ1) is 20.7. The van der Waals surface area contributed by atoms with Gasteiger partial charge >= 0.3 is 6.16 Å². The number of ketones is 1. The maximum absolute atomic E-state index is 13.4. The second-order valence-corrected chi connectivity index (χ2v) is 11.6. The number of nitrogens with one attached hydrogen (secondary N) is 2. The van der Waals surface area contributed by atoms with Gasteiger partial charge in [0.05, 0.1) is 0 Å². The highest BCUT2D eigenvalue weighted by Crippen LogP contribution is 2.28. The third kappa shape index (κ3) is 9.49. The van der Waals surface area contributed by atoms with Gasteiger partial charge < -0.3 is 25.8 Å². The van der Waals surface area contributed by atoms with Crippen LogP contribution in [0.5, 0.6) is 5.75 Å². The number of halogens is 1. The Hall–Kier alpha value is -4.02. The van der Waals surface area contributed by atoms with Gasteiger partial charge in [-0.05, 0) is 93.1 Å². The molecule has 2 amide bonds. The van der Waals surface area contributed by atoms with Crippen LogP contribution in [0.4, 0.5) is 10.5 Å². The zero-order chi connectivity index (χ0) is 30.8. The molecule has 0 saturated heterocycles. The van der Waals surface area contributed by atoms with Crippen molar-refractivity contribution in [2.75, 3.05) is 11.9 Å². The van der Waals surface area contributed by atoms with Crippen LogP contribution in [0.15, 0.2) is 77.3 Å². The summed E-state index contributed by atoms with van der Waals surface area (Å²) in [5.41, 5.74) is 8.42. The molecule has 0 heterocycles. The predicted octanol–water partition coefficient (Wildman–Crippen LogP) is 5.80. The summed E-state index contributed by atoms with van der Waals surface area (Å²) in [6.45, 7) is 2.15. The standard InChI is InChI=1S/C33H36BrN3O6/c1-21(38)24-12-14-27(15-13-24)36-32(40)30(37-31(39)25-10-6-23(19-35)7-11-25)18-22-8-16-28(17-9-22)43-33(41)42-20-26-4-2-3-5-29(26)34/h2-5,8-9,12-17,23,25,30H,6-7,10-11,18-20,35H2,1H3,(H,36,40)(H,37,39)/t23?,25?,30-/m0/s1. The van der Waals surface area contributed by atoms with E-state index in [0.717, 1.165) is 41.3 Å². The van der Waals surface area contributed by atoms with Crippen molar-refractivity contribution in [1.29, 1.82) is 0 Å². The van der Waals surface area contributed by atoms with Gasteiger partial charge in [-0.1, -0.05) is 46.3 Å². The van der Waals surface area contributed by atoms with Gasteiger partial charge in [0.1, 0.15) is 18.4 Å². The van der Waals surface area contributed by atoms with Crippen molar-refractivity contribution in [3.8, 4) is 5.75 Å². The SMILES string of the molecule is CC(=O)c1ccc(NC(=O)[C@H](Cc2ccc(OC(=O)OCc3ccccc3Br)cc2)NC(=O)C2CCC(CN)CC2)cc1. The van der Waals surface area contributed by atoms with Crippen molar-refractivity contribution >= 4 is 45.4 Å². The molecule has 1 fully saturated rings. The number of rotatable bonds is 11. The third-order valence-corrected chi connectivity index (χ3v) is 8.38. The van der Waals surface area contributed by atoms with Crippen LogP contribution in [-0.2, 0) is 27.4 Å². The summed E-state index contributed by atoms with van der Waals surface area (Å²) in [6.07, 6.45) is 2.62. The molecule has 0 bridgehead atoms. The first-order valence-electron chi connectivity index (χ1n) is 14.3. The average Bonchev–Trinajstić information content (AvgIpc) is 3.01. The van der Waals surface area contributed by atoms with E-state index in [4.69, 9.17) is 15.2 Å². The fraction of sp³-hybridized carbons (Fsp3) is 0.333. The van der Waals surface area contributed by atoms with Crippen molar-refractivity contribution in [2.45, 2.75) is 51.7 Å². The fourth-order valence-electron chi connectivity index (χ4n) is 4.98. The predicted molar refractivity (Wildman–Crippen MR) is 167 cm³/mol. The van der Waals surface area contributed by atoms with Gasteiger partial charge in [-0.25, -0.2) is 4.79 Å². The Bertz CT molecular complexity index is 1420. The van der Waals surface area contributed by atoms with Gasteiger partial charge in [0, 0.05) is 33.6 Å². The Balaban J connectivity index is 1.39. The summed E-state index contributed by atoms with van der Waals surface area (Å²) in [4.78, 5) is 50.4. The van der Waals surface area contributed by atoms with E-state index in [2.05, 4.69) is 26.6 Å². The maximum Gasteiger partial charge on any atom is 0.514 e. The molecule has 0 aliphatic heterocycles. The van der Waals surface area contributed by atoms with Gasteiger partial charge in [-0.15, -0.1) is 0 Å². The number of nitrogens with two attached hydrogens (primary N) is 1. The Morgan fingerprint density at radius 2 is 1.60 bits per heavy atom. The van der Waals surface area contributed by atoms with E-state index in [9.17, 15) is 19.2 Å². The topological polar surface area (TPSA) is 137 Å². The first kappa shape index (κ1) is 31.9. The summed E-state index contributed by atoms with van der Waals surface area (Å²) in [6, 6.07) is 19.8. The Kier molecular flexibility index (Phi) is 11.5. The lowest BCUT2D eigenvalue weighted by Crippen LogP contribution is -2.48. The number of Topliss-reactive ketones (excluding diaryl/α,β-unsaturated/α-hetero) is 1. The normalized spacial score (nSPS) is 16.9. The Morgan fingerprint density at radius 1 is 0.930 bits per heavy atom. The van der Waals surface area contributed by atoms with Crippen molar-refractivity contribution < 1.29 is 28.7 Å². The fourth-order valence-corrected chi connectivity index (χ4v) is 5.38. The minimum Gasteiger partial charge on any atom is -0.429 e. The summed E-state index contributed by atoms with van der Waals surface area (Å²) in [7, 11) is 0. The summed E-state index contributed by atoms with van der Waals surface area (Å²) in [5, 5.41) is 5.81. The van der Waals surface area contributed by atoms with Crippen LogP contribution in [0, 0.1) is 11.8 Å². The molecular weight excluding hydrogens is 614 g/mol. The zero-order valence-corrected chi connectivity index (χ0v) is 25.6. The number of carbonyl (C=O) groups is 4. The van der Waals surface area contributed by atoms with Crippen molar-refractivity contribution in [2.24, 2.45) is 17.6 Å². The second-order valence-electron chi connectivity index (χ2n) is 10.7. The highest BCUT2D eigenvalue weighted by atomic mass is 79.9. The molecule has 1 aliphatic rings. The average molecular weight is 651 g/mol. The summed E-state index contributed by atoms with van der Waals surface area (Å²) < 4.78 is 11.3. The molecule has 4 N–H and O–H groups in total. The highest BCUT2D eigenvalue weighted by Gasteiger charge is 2.29.